The summed E-state index contributed by atoms with van der Waals surface area (Å²) in [6.07, 6.45) is 0. The normalized spacial score (nSPS) is 10.5. The molecule has 0 atom stereocenters. The molecular formula is C10H11BO2. The Morgan fingerprint density at radius 1 is 1.38 bits per heavy atom. The Labute approximate surface area is 77.9 Å². The van der Waals surface area contributed by atoms with Crippen LogP contribution in [0.25, 0.3) is 11.0 Å². The van der Waals surface area contributed by atoms with E-state index >= 15 is 0 Å². The average molecular weight is 174 g/mol. The summed E-state index contributed by atoms with van der Waals surface area (Å²) in [4.78, 5) is 0. The van der Waals surface area contributed by atoms with Gasteiger partial charge in [-0.15, -0.1) is 0 Å². The van der Waals surface area contributed by atoms with Gasteiger partial charge in [0.1, 0.15) is 11.3 Å². The summed E-state index contributed by atoms with van der Waals surface area (Å²) in [6.45, 7) is 2.67. The SMILES string of the molecule is Bc1cc2cc(OCC)ccc2o1. The maximum Gasteiger partial charge on any atom is 0.186 e. The van der Waals surface area contributed by atoms with Gasteiger partial charge in [-0.05, 0) is 31.2 Å². The monoisotopic (exact) mass is 174 g/mol. The lowest BCUT2D eigenvalue weighted by Gasteiger charge is -2.00. The topological polar surface area (TPSA) is 22.4 Å². The molecule has 0 spiro atoms. The molecule has 0 aliphatic heterocycles. The van der Waals surface area contributed by atoms with E-state index in [9.17, 15) is 0 Å². The molecule has 0 saturated heterocycles. The molecule has 1 aromatic heterocycles. The minimum absolute atomic E-state index is 0.697. The minimum atomic E-state index is 0.697. The van der Waals surface area contributed by atoms with Crippen molar-refractivity contribution in [1.82, 2.24) is 0 Å². The molecular weight excluding hydrogens is 163 g/mol. The molecule has 0 radical (unpaired) electrons. The summed E-state index contributed by atoms with van der Waals surface area (Å²) >= 11 is 0. The molecule has 0 amide bonds. The highest BCUT2D eigenvalue weighted by Gasteiger charge is 2.00. The van der Waals surface area contributed by atoms with Crippen LogP contribution in [0.15, 0.2) is 28.7 Å². The van der Waals surface area contributed by atoms with Crippen molar-refractivity contribution < 1.29 is 9.15 Å². The third-order valence-electron chi connectivity index (χ3n) is 1.92. The first kappa shape index (κ1) is 8.23. The highest BCUT2D eigenvalue weighted by molar-refractivity contribution is 6.31. The summed E-state index contributed by atoms with van der Waals surface area (Å²) in [6, 6.07) is 7.87. The zero-order valence-electron chi connectivity index (χ0n) is 7.83. The quantitative estimate of drug-likeness (QED) is 0.635. The lowest BCUT2D eigenvalue weighted by atomic mass is 10.1. The number of hydrogen-bond donors (Lipinski definition) is 0. The zero-order chi connectivity index (χ0) is 9.26. The van der Waals surface area contributed by atoms with Gasteiger partial charge in [-0.25, -0.2) is 0 Å². The van der Waals surface area contributed by atoms with Crippen molar-refractivity contribution in [3.05, 3.63) is 24.3 Å². The molecule has 2 rings (SSSR count). The van der Waals surface area contributed by atoms with Crippen LogP contribution in [0.4, 0.5) is 0 Å². The number of hydrogen-bond acceptors (Lipinski definition) is 2. The second kappa shape index (κ2) is 3.17. The van der Waals surface area contributed by atoms with E-state index in [1.807, 2.05) is 39.0 Å². The Morgan fingerprint density at radius 3 is 3.00 bits per heavy atom. The van der Waals surface area contributed by atoms with Crippen LogP contribution in [-0.2, 0) is 0 Å². The van der Waals surface area contributed by atoms with Crippen molar-refractivity contribution in [2.45, 2.75) is 6.92 Å². The van der Waals surface area contributed by atoms with Crippen LogP contribution in [-0.4, -0.2) is 14.5 Å². The summed E-state index contributed by atoms with van der Waals surface area (Å²) in [5.41, 5.74) is 1.85. The smallest absolute Gasteiger partial charge is 0.186 e. The second-order valence-corrected chi connectivity index (χ2v) is 2.99. The first-order valence-electron chi connectivity index (χ1n) is 4.42. The largest absolute Gasteiger partial charge is 0.494 e. The highest BCUT2D eigenvalue weighted by Crippen LogP contribution is 2.20. The van der Waals surface area contributed by atoms with Crippen LogP contribution in [0.1, 0.15) is 6.92 Å². The standard InChI is InChI=1S/C10H11BO2/c1-2-12-8-3-4-9-7(5-8)6-10(11)13-9/h3-6H,2,11H2,1H3. The van der Waals surface area contributed by atoms with Crippen LogP contribution in [0.5, 0.6) is 5.75 Å². The van der Waals surface area contributed by atoms with Crippen molar-refractivity contribution in [3.63, 3.8) is 0 Å². The maximum atomic E-state index is 5.45. The number of fused-ring (bicyclic) bond motifs is 1. The van der Waals surface area contributed by atoms with Crippen LogP contribution in [0, 0.1) is 0 Å². The van der Waals surface area contributed by atoms with Crippen LogP contribution < -0.4 is 10.4 Å². The van der Waals surface area contributed by atoms with Gasteiger partial charge in [0.05, 0.1) is 12.3 Å². The first-order valence-corrected chi connectivity index (χ1v) is 4.42. The Balaban J connectivity index is 2.48. The van der Waals surface area contributed by atoms with E-state index in [1.165, 1.54) is 0 Å². The second-order valence-electron chi connectivity index (χ2n) is 2.99. The van der Waals surface area contributed by atoms with Gasteiger partial charge in [0, 0.05) is 5.39 Å². The van der Waals surface area contributed by atoms with Crippen molar-refractivity contribution in [2.75, 3.05) is 6.61 Å². The molecule has 0 aliphatic carbocycles. The fourth-order valence-electron chi connectivity index (χ4n) is 1.41. The van der Waals surface area contributed by atoms with Crippen LogP contribution in [0.3, 0.4) is 0 Å². The van der Waals surface area contributed by atoms with E-state index in [1.54, 1.807) is 0 Å². The van der Waals surface area contributed by atoms with E-state index in [-0.39, 0.29) is 0 Å². The molecule has 0 bridgehead atoms. The summed E-state index contributed by atoms with van der Waals surface area (Å²) < 4.78 is 10.8. The van der Waals surface area contributed by atoms with Crippen molar-refractivity contribution in [1.29, 1.82) is 0 Å². The van der Waals surface area contributed by atoms with E-state index in [0.29, 0.717) is 6.61 Å². The molecule has 0 fully saturated rings. The molecule has 2 aromatic rings. The van der Waals surface area contributed by atoms with Crippen LogP contribution in [0.2, 0.25) is 0 Å². The van der Waals surface area contributed by atoms with Crippen molar-refractivity contribution in [2.24, 2.45) is 0 Å². The molecule has 3 heteroatoms. The number of benzene rings is 1. The highest BCUT2D eigenvalue weighted by atomic mass is 16.5. The summed E-state index contributed by atoms with van der Waals surface area (Å²) in [5.74, 6) is 0.899. The summed E-state index contributed by atoms with van der Waals surface area (Å²) in [5, 5.41) is 1.10. The molecule has 13 heavy (non-hydrogen) atoms. The number of rotatable bonds is 2. The third kappa shape index (κ3) is 1.54. The van der Waals surface area contributed by atoms with Gasteiger partial charge < -0.3 is 9.15 Å². The van der Waals surface area contributed by atoms with Gasteiger partial charge in [0.25, 0.3) is 0 Å². The van der Waals surface area contributed by atoms with Gasteiger partial charge in [0.2, 0.25) is 0 Å². The van der Waals surface area contributed by atoms with Gasteiger partial charge in [0.15, 0.2) is 7.85 Å². The Bertz CT molecular complexity index is 420. The van der Waals surface area contributed by atoms with E-state index in [2.05, 4.69) is 0 Å². The van der Waals surface area contributed by atoms with Gasteiger partial charge in [-0.3, -0.25) is 0 Å². The lowest BCUT2D eigenvalue weighted by Crippen LogP contribution is -1.92. The molecule has 1 heterocycles. The van der Waals surface area contributed by atoms with Gasteiger partial charge >= 0.3 is 0 Å². The predicted molar refractivity (Wildman–Crippen MR) is 55.6 cm³/mol. The Morgan fingerprint density at radius 2 is 2.23 bits per heavy atom. The molecule has 0 aliphatic rings. The molecule has 1 aromatic carbocycles. The fourth-order valence-corrected chi connectivity index (χ4v) is 1.41. The molecule has 2 nitrogen and oxygen atoms in total. The molecule has 0 saturated carbocycles. The molecule has 0 unspecified atom stereocenters. The Kier molecular flexibility index (Phi) is 2.01. The average Bonchev–Trinajstić information content (AvgIpc) is 2.44. The minimum Gasteiger partial charge on any atom is -0.494 e. The predicted octanol–water partition coefficient (Wildman–Crippen LogP) is 1.09. The van der Waals surface area contributed by atoms with Crippen molar-refractivity contribution in [3.8, 4) is 5.75 Å². The van der Waals surface area contributed by atoms with Crippen LogP contribution >= 0.6 is 0 Å². The molecule has 66 valence electrons. The Hall–Kier alpha value is -1.38. The lowest BCUT2D eigenvalue weighted by molar-refractivity contribution is 0.340. The summed E-state index contributed by atoms with van der Waals surface area (Å²) in [7, 11) is 1.94. The number of ether oxygens (including phenoxy) is 1. The number of furan rings is 1. The maximum absolute atomic E-state index is 5.45. The van der Waals surface area contributed by atoms with Crippen molar-refractivity contribution >= 4 is 24.5 Å². The molecule has 0 N–H and O–H groups in total. The zero-order valence-corrected chi connectivity index (χ0v) is 7.83. The van der Waals surface area contributed by atoms with E-state index in [0.717, 1.165) is 22.4 Å². The van der Waals surface area contributed by atoms with E-state index < -0.39 is 0 Å². The third-order valence-corrected chi connectivity index (χ3v) is 1.92. The fraction of sp³-hybridized carbons (Fsp3) is 0.200. The first-order chi connectivity index (χ1) is 6.29. The van der Waals surface area contributed by atoms with Gasteiger partial charge in [-0.2, -0.15) is 0 Å². The van der Waals surface area contributed by atoms with E-state index in [4.69, 9.17) is 9.15 Å². The van der Waals surface area contributed by atoms with Gasteiger partial charge in [-0.1, -0.05) is 0 Å².